The molecule has 0 bridgehead atoms. The second kappa shape index (κ2) is 18.2. The molecule has 4 nitrogen and oxygen atoms in total. The van der Waals surface area contributed by atoms with E-state index in [0.29, 0.717) is 6.61 Å². The summed E-state index contributed by atoms with van der Waals surface area (Å²) in [5.41, 5.74) is 0. The van der Waals surface area contributed by atoms with E-state index in [4.69, 9.17) is 13.0 Å². The zero-order valence-electron chi connectivity index (χ0n) is 17.5. The Morgan fingerprint density at radius 2 is 1.46 bits per heavy atom. The highest BCUT2D eigenvalue weighted by atomic mass is 28.4. The fourth-order valence-electron chi connectivity index (χ4n) is 2.80. The first-order valence-corrected chi connectivity index (χ1v) is 16.3. The maximum Gasteiger partial charge on any atom is 0.330 e. The van der Waals surface area contributed by atoms with Gasteiger partial charge in [0.2, 0.25) is 0 Å². The van der Waals surface area contributed by atoms with E-state index in [1.54, 1.807) is 0 Å². The average Bonchev–Trinajstić information content (AvgIpc) is 2.64. The zero-order chi connectivity index (χ0) is 19.5. The summed E-state index contributed by atoms with van der Waals surface area (Å²) in [6, 6.07) is 3.45. The molecule has 154 valence electrons. The molecule has 0 atom stereocenters. The van der Waals surface area contributed by atoms with E-state index >= 15 is 0 Å². The van der Waals surface area contributed by atoms with Crippen LogP contribution in [0.5, 0.6) is 0 Å². The Kier molecular flexibility index (Phi) is 18.0. The van der Waals surface area contributed by atoms with Gasteiger partial charge in [0.1, 0.15) is 19.5 Å². The highest BCUT2D eigenvalue weighted by Crippen LogP contribution is 2.17. The van der Waals surface area contributed by atoms with Gasteiger partial charge in [0.25, 0.3) is 0 Å². The average molecular weight is 419 g/mol. The van der Waals surface area contributed by atoms with E-state index in [0.717, 1.165) is 12.5 Å². The van der Waals surface area contributed by atoms with Gasteiger partial charge in [-0.15, -0.1) is 0 Å². The lowest BCUT2D eigenvalue weighted by atomic mass is 10.2. The van der Waals surface area contributed by atoms with Gasteiger partial charge >= 0.3 is 14.5 Å². The molecule has 0 aliphatic carbocycles. The van der Waals surface area contributed by atoms with Crippen molar-refractivity contribution >= 4 is 34.1 Å². The van der Waals surface area contributed by atoms with E-state index in [2.05, 4.69) is 27.0 Å². The van der Waals surface area contributed by atoms with Gasteiger partial charge in [0.05, 0.1) is 6.61 Å². The summed E-state index contributed by atoms with van der Waals surface area (Å²) in [5.74, 6) is -0.342. The molecule has 0 aromatic heterocycles. The SMILES string of the molecule is C=CC(=O)OCCC[Si](C)(O[SiH2]CCCCCC)O[SiH2]CCCCCC. The van der Waals surface area contributed by atoms with Crippen molar-refractivity contribution in [2.24, 2.45) is 0 Å². The number of carbonyl (C=O) groups excluding carboxylic acids is 1. The summed E-state index contributed by atoms with van der Waals surface area (Å²) in [7, 11) is -3.04. The van der Waals surface area contributed by atoms with E-state index in [1.165, 1.54) is 69.5 Å². The van der Waals surface area contributed by atoms with Crippen LogP contribution in [0.25, 0.3) is 0 Å². The van der Waals surface area contributed by atoms with Crippen LogP contribution >= 0.6 is 0 Å². The van der Waals surface area contributed by atoms with Crippen LogP contribution < -0.4 is 0 Å². The molecular formula is C19H42O4Si3. The lowest BCUT2D eigenvalue weighted by Gasteiger charge is -2.28. The molecule has 0 aromatic carbocycles. The van der Waals surface area contributed by atoms with Crippen molar-refractivity contribution in [2.45, 2.75) is 96.3 Å². The van der Waals surface area contributed by atoms with Gasteiger partial charge in [-0.05, 0) is 31.1 Å². The minimum atomic E-state index is -2.06. The van der Waals surface area contributed by atoms with Gasteiger partial charge in [-0.1, -0.05) is 71.8 Å². The number of ether oxygens (including phenoxy) is 1. The van der Waals surface area contributed by atoms with Crippen LogP contribution in [0.4, 0.5) is 0 Å². The van der Waals surface area contributed by atoms with Crippen molar-refractivity contribution in [3.63, 3.8) is 0 Å². The quantitative estimate of drug-likeness (QED) is 0.135. The second-order valence-electron chi connectivity index (χ2n) is 7.13. The lowest BCUT2D eigenvalue weighted by Crippen LogP contribution is -2.41. The van der Waals surface area contributed by atoms with Gasteiger partial charge in [0, 0.05) is 6.08 Å². The first-order valence-electron chi connectivity index (χ1n) is 10.6. The molecule has 0 fully saturated rings. The Balaban J connectivity index is 4.13. The largest absolute Gasteiger partial charge is 0.463 e. The molecule has 0 unspecified atom stereocenters. The molecule has 7 heteroatoms. The van der Waals surface area contributed by atoms with Crippen LogP contribution in [-0.4, -0.2) is 40.7 Å². The summed E-state index contributed by atoms with van der Waals surface area (Å²) in [4.78, 5) is 11.2. The second-order valence-corrected chi connectivity index (χ2v) is 14.4. The van der Waals surface area contributed by atoms with Gasteiger partial charge in [0.15, 0.2) is 0 Å². The zero-order valence-corrected chi connectivity index (χ0v) is 21.4. The Morgan fingerprint density at radius 1 is 0.923 bits per heavy atom. The van der Waals surface area contributed by atoms with Crippen LogP contribution in [0.1, 0.15) is 71.6 Å². The Hall–Kier alpha value is -0.219. The van der Waals surface area contributed by atoms with Crippen molar-refractivity contribution in [3.05, 3.63) is 12.7 Å². The molecule has 0 aliphatic rings. The molecule has 0 aromatic rings. The highest BCUT2D eigenvalue weighted by Gasteiger charge is 2.29. The molecule has 0 N–H and O–H groups in total. The summed E-state index contributed by atoms with van der Waals surface area (Å²) < 4.78 is 17.9. The lowest BCUT2D eigenvalue weighted by molar-refractivity contribution is -0.137. The number of hydrogen-bond donors (Lipinski definition) is 0. The summed E-state index contributed by atoms with van der Waals surface area (Å²) in [5, 5.41) is 0. The number of rotatable bonds is 19. The first-order chi connectivity index (χ1) is 12.6. The fourth-order valence-corrected chi connectivity index (χ4v) is 11.5. The van der Waals surface area contributed by atoms with Crippen molar-refractivity contribution < 1.29 is 17.8 Å². The van der Waals surface area contributed by atoms with Crippen molar-refractivity contribution in [1.82, 2.24) is 0 Å². The first kappa shape index (κ1) is 25.8. The Labute approximate surface area is 167 Å². The normalized spacial score (nSPS) is 14.3. The van der Waals surface area contributed by atoms with Crippen LogP contribution in [0.3, 0.4) is 0 Å². The monoisotopic (exact) mass is 418 g/mol. The Morgan fingerprint density at radius 3 is 1.92 bits per heavy atom. The van der Waals surface area contributed by atoms with Crippen molar-refractivity contribution in [3.8, 4) is 0 Å². The van der Waals surface area contributed by atoms with E-state index in [-0.39, 0.29) is 5.97 Å². The maximum absolute atomic E-state index is 11.2. The van der Waals surface area contributed by atoms with Crippen LogP contribution in [-0.2, 0) is 17.8 Å². The smallest absolute Gasteiger partial charge is 0.330 e. The van der Waals surface area contributed by atoms with Gasteiger partial charge in [-0.2, -0.15) is 0 Å². The topological polar surface area (TPSA) is 44.8 Å². The maximum atomic E-state index is 11.2. The standard InChI is InChI=1S/C19H42O4Si3/c1-5-8-10-12-16-24-22-26(4,18-14-15-21-19(20)7-3)23-25-17-13-11-9-6-2/h7H,3,5-6,8-18,24-25H2,1-2,4H3. The molecule has 0 aliphatic heterocycles. The molecule has 0 radical (unpaired) electrons. The van der Waals surface area contributed by atoms with Gasteiger partial charge in [-0.25, -0.2) is 4.79 Å². The third-order valence-corrected chi connectivity index (χ3v) is 13.9. The number of hydrogen-bond acceptors (Lipinski definition) is 4. The number of carbonyl (C=O) groups is 1. The van der Waals surface area contributed by atoms with Crippen LogP contribution in [0, 0.1) is 0 Å². The van der Waals surface area contributed by atoms with Gasteiger partial charge < -0.3 is 13.0 Å². The molecule has 26 heavy (non-hydrogen) atoms. The van der Waals surface area contributed by atoms with Crippen molar-refractivity contribution in [2.75, 3.05) is 6.61 Å². The Bertz CT molecular complexity index is 338. The third kappa shape index (κ3) is 16.0. The molecule has 0 saturated heterocycles. The predicted molar refractivity (Wildman–Crippen MR) is 119 cm³/mol. The molecule has 0 spiro atoms. The van der Waals surface area contributed by atoms with E-state index in [9.17, 15) is 4.79 Å². The molecule has 0 heterocycles. The van der Waals surface area contributed by atoms with Crippen LogP contribution in [0.15, 0.2) is 12.7 Å². The van der Waals surface area contributed by atoms with E-state index in [1.807, 2.05) is 0 Å². The number of esters is 1. The minimum absolute atomic E-state index is 0.342. The van der Waals surface area contributed by atoms with Gasteiger partial charge in [-0.3, -0.25) is 0 Å². The summed E-state index contributed by atoms with van der Waals surface area (Å²) in [6.07, 6.45) is 12.5. The fraction of sp³-hybridized carbons (Fsp3) is 0.842. The summed E-state index contributed by atoms with van der Waals surface area (Å²) >= 11 is 0. The van der Waals surface area contributed by atoms with Crippen molar-refractivity contribution in [1.29, 1.82) is 0 Å². The minimum Gasteiger partial charge on any atom is -0.463 e. The highest BCUT2D eigenvalue weighted by molar-refractivity contribution is 6.74. The third-order valence-electron chi connectivity index (χ3n) is 4.50. The summed E-state index contributed by atoms with van der Waals surface area (Å²) in [6.45, 7) is 10.6. The molecular weight excluding hydrogens is 376 g/mol. The predicted octanol–water partition coefficient (Wildman–Crippen LogP) is 4.38. The van der Waals surface area contributed by atoms with Crippen LogP contribution in [0.2, 0.25) is 24.7 Å². The molecule has 0 amide bonds. The molecule has 0 saturated carbocycles. The van der Waals surface area contributed by atoms with E-state index < -0.39 is 28.1 Å². The molecule has 0 rings (SSSR count). The number of unbranched alkanes of at least 4 members (excludes halogenated alkanes) is 6.